The molecule has 1 N–H and O–H groups in total. The normalized spacial score (nSPS) is 17.4. The van der Waals surface area contributed by atoms with Crippen LogP contribution < -0.4 is 14.8 Å². The fraction of sp³-hybridized carbons (Fsp3) is 0.310. The van der Waals surface area contributed by atoms with Crippen LogP contribution in [0.25, 0.3) is 0 Å². The predicted octanol–water partition coefficient (Wildman–Crippen LogP) is 5.83. The van der Waals surface area contributed by atoms with Crippen LogP contribution in [-0.4, -0.2) is 29.8 Å². The van der Waals surface area contributed by atoms with Gasteiger partial charge in [-0.2, -0.15) is 0 Å². The van der Waals surface area contributed by atoms with Gasteiger partial charge in [-0.05, 0) is 41.7 Å². The van der Waals surface area contributed by atoms with E-state index >= 15 is 0 Å². The zero-order valence-corrected chi connectivity index (χ0v) is 19.8. The van der Waals surface area contributed by atoms with Crippen molar-refractivity contribution in [3.63, 3.8) is 0 Å². The monoisotopic (exact) mass is 455 g/mol. The first-order valence-corrected chi connectivity index (χ1v) is 12.2. The Labute approximate surface area is 202 Å². The highest BCUT2D eigenvalue weighted by Crippen LogP contribution is 2.34. The maximum Gasteiger partial charge on any atom is 0.231 e. The van der Waals surface area contributed by atoms with Crippen LogP contribution in [0.4, 0.5) is 0 Å². The van der Waals surface area contributed by atoms with Crippen molar-refractivity contribution in [3.8, 4) is 11.5 Å². The second-order valence-electron chi connectivity index (χ2n) is 8.91. The number of fused-ring (bicyclic) bond motifs is 1. The van der Waals surface area contributed by atoms with Crippen LogP contribution in [0.5, 0.6) is 11.5 Å². The lowest BCUT2D eigenvalue weighted by Crippen LogP contribution is -2.38. The Morgan fingerprint density at radius 1 is 0.882 bits per heavy atom. The van der Waals surface area contributed by atoms with Crippen molar-refractivity contribution in [2.24, 2.45) is 0 Å². The molecule has 2 aliphatic rings. The zero-order chi connectivity index (χ0) is 23.2. The Bertz CT molecular complexity index is 1090. The molecule has 3 aromatic carbocycles. The fourth-order valence-corrected chi connectivity index (χ4v) is 4.72. The van der Waals surface area contributed by atoms with E-state index in [2.05, 4.69) is 107 Å². The van der Waals surface area contributed by atoms with Gasteiger partial charge >= 0.3 is 0 Å². The minimum atomic E-state index is 0.177. The molecule has 5 rings (SSSR count). The smallest absolute Gasteiger partial charge is 0.231 e. The summed E-state index contributed by atoms with van der Waals surface area (Å²) in [6, 6.07) is 27.9. The van der Waals surface area contributed by atoms with Gasteiger partial charge < -0.3 is 19.3 Å². The first kappa shape index (κ1) is 22.4. The molecule has 176 valence electrons. The molecule has 3 aromatic rings. The Kier molecular flexibility index (Phi) is 7.01. The van der Waals surface area contributed by atoms with E-state index in [1.165, 1.54) is 29.5 Å². The minimum absolute atomic E-state index is 0.177. The van der Waals surface area contributed by atoms with E-state index in [4.69, 9.17) is 9.47 Å². The van der Waals surface area contributed by atoms with Crippen LogP contribution >= 0.6 is 0 Å². The Morgan fingerprint density at radius 2 is 1.62 bits per heavy atom. The number of unbranched alkanes of at least 4 members (excludes halogenated alkanes) is 1. The molecule has 0 saturated carbocycles. The molecule has 5 heteroatoms. The van der Waals surface area contributed by atoms with E-state index in [1.54, 1.807) is 0 Å². The van der Waals surface area contributed by atoms with Gasteiger partial charge in [-0.15, -0.1) is 0 Å². The van der Waals surface area contributed by atoms with Crippen molar-refractivity contribution in [3.05, 3.63) is 108 Å². The summed E-state index contributed by atoms with van der Waals surface area (Å²) in [4.78, 5) is 4.86. The molecule has 0 saturated heterocycles. The molecule has 0 fully saturated rings. The Balaban J connectivity index is 1.33. The topological polar surface area (TPSA) is 37.0 Å². The summed E-state index contributed by atoms with van der Waals surface area (Å²) < 4.78 is 11.1. The van der Waals surface area contributed by atoms with Crippen LogP contribution in [0.15, 0.2) is 91.3 Å². The van der Waals surface area contributed by atoms with Gasteiger partial charge in [-0.3, -0.25) is 5.32 Å². The molecule has 2 heterocycles. The molecule has 1 unspecified atom stereocenters. The molecule has 0 bridgehead atoms. The van der Waals surface area contributed by atoms with Gasteiger partial charge in [0, 0.05) is 25.0 Å². The Hall–Kier alpha value is -3.44. The number of nitrogens with zero attached hydrogens (tertiary/aromatic N) is 2. The summed E-state index contributed by atoms with van der Waals surface area (Å²) in [6.45, 7) is 4.36. The third-order valence-corrected chi connectivity index (χ3v) is 6.54. The molecule has 0 radical (unpaired) electrons. The van der Waals surface area contributed by atoms with Gasteiger partial charge in [0.05, 0.1) is 6.67 Å². The number of hydrogen-bond acceptors (Lipinski definition) is 5. The molecule has 0 amide bonds. The quantitative estimate of drug-likeness (QED) is 0.416. The molecule has 0 spiro atoms. The molecule has 5 nitrogen and oxygen atoms in total. The van der Waals surface area contributed by atoms with Gasteiger partial charge in [0.15, 0.2) is 11.5 Å². The fourth-order valence-electron chi connectivity index (χ4n) is 4.72. The summed E-state index contributed by atoms with van der Waals surface area (Å²) in [7, 11) is 0. The SMILES string of the molecule is CCCCN1C=CN(CNC(Cc2ccc3c(c2)OCO3)c2ccccc2)[C@H]1c1ccccc1. The second kappa shape index (κ2) is 10.7. The van der Waals surface area contributed by atoms with Crippen molar-refractivity contribution >= 4 is 0 Å². The Morgan fingerprint density at radius 3 is 2.41 bits per heavy atom. The highest BCUT2D eigenvalue weighted by molar-refractivity contribution is 5.45. The van der Waals surface area contributed by atoms with Crippen molar-refractivity contribution in [1.82, 2.24) is 15.1 Å². The molecule has 34 heavy (non-hydrogen) atoms. The summed E-state index contributed by atoms with van der Waals surface area (Å²) in [5.74, 6) is 1.66. The van der Waals surface area contributed by atoms with Crippen LogP contribution in [0.1, 0.15) is 48.7 Å². The van der Waals surface area contributed by atoms with Gasteiger partial charge in [0.1, 0.15) is 6.17 Å². The number of rotatable bonds is 10. The lowest BCUT2D eigenvalue weighted by atomic mass is 9.98. The number of nitrogens with one attached hydrogen (secondary N) is 1. The number of hydrogen-bond donors (Lipinski definition) is 1. The highest BCUT2D eigenvalue weighted by Gasteiger charge is 2.28. The van der Waals surface area contributed by atoms with Crippen LogP contribution in [-0.2, 0) is 6.42 Å². The van der Waals surface area contributed by atoms with E-state index in [0.29, 0.717) is 6.79 Å². The van der Waals surface area contributed by atoms with Crippen molar-refractivity contribution in [2.45, 2.75) is 38.4 Å². The third-order valence-electron chi connectivity index (χ3n) is 6.54. The maximum absolute atomic E-state index is 5.61. The molecular weight excluding hydrogens is 422 g/mol. The average Bonchev–Trinajstić information content (AvgIpc) is 3.52. The standard InChI is InChI=1S/C29H33N3O2/c1-2-3-16-31-17-18-32(29(31)25-12-8-5-9-13-25)21-30-26(24-10-6-4-7-11-24)19-23-14-15-27-28(20-23)34-22-33-27/h4-15,17-18,20,26,29-30H,2-3,16,19,21-22H2,1H3/t26?,29-/m0/s1. The van der Waals surface area contributed by atoms with E-state index in [0.717, 1.165) is 31.1 Å². The van der Waals surface area contributed by atoms with E-state index in [9.17, 15) is 0 Å². The molecular formula is C29H33N3O2. The summed E-state index contributed by atoms with van der Waals surface area (Å²) in [6.07, 6.45) is 7.92. The van der Waals surface area contributed by atoms with Crippen LogP contribution in [0, 0.1) is 0 Å². The summed E-state index contributed by atoms with van der Waals surface area (Å²) >= 11 is 0. The summed E-state index contributed by atoms with van der Waals surface area (Å²) in [5, 5.41) is 3.85. The van der Waals surface area contributed by atoms with Gasteiger partial charge in [-0.1, -0.05) is 80.1 Å². The number of ether oxygens (including phenoxy) is 2. The number of benzene rings is 3. The van der Waals surface area contributed by atoms with Crippen LogP contribution in [0.3, 0.4) is 0 Å². The average molecular weight is 456 g/mol. The third kappa shape index (κ3) is 5.05. The largest absolute Gasteiger partial charge is 0.454 e. The second-order valence-corrected chi connectivity index (χ2v) is 8.91. The zero-order valence-electron chi connectivity index (χ0n) is 19.8. The summed E-state index contributed by atoms with van der Waals surface area (Å²) in [5.41, 5.74) is 3.83. The predicted molar refractivity (Wildman–Crippen MR) is 135 cm³/mol. The molecule has 2 aliphatic heterocycles. The first-order chi connectivity index (χ1) is 16.8. The lowest BCUT2D eigenvalue weighted by molar-refractivity contribution is 0.139. The van der Waals surface area contributed by atoms with Gasteiger partial charge in [-0.25, -0.2) is 0 Å². The minimum Gasteiger partial charge on any atom is -0.454 e. The maximum atomic E-state index is 5.61. The molecule has 0 aliphatic carbocycles. The lowest BCUT2D eigenvalue weighted by Gasteiger charge is -2.34. The van der Waals surface area contributed by atoms with Crippen molar-refractivity contribution < 1.29 is 9.47 Å². The van der Waals surface area contributed by atoms with Crippen molar-refractivity contribution in [1.29, 1.82) is 0 Å². The van der Waals surface area contributed by atoms with Crippen LogP contribution in [0.2, 0.25) is 0 Å². The van der Waals surface area contributed by atoms with Gasteiger partial charge in [0.25, 0.3) is 0 Å². The van der Waals surface area contributed by atoms with Gasteiger partial charge in [0.2, 0.25) is 6.79 Å². The van der Waals surface area contributed by atoms with Crippen molar-refractivity contribution in [2.75, 3.05) is 20.0 Å². The first-order valence-electron chi connectivity index (χ1n) is 12.2. The van der Waals surface area contributed by atoms with E-state index < -0.39 is 0 Å². The highest BCUT2D eigenvalue weighted by atomic mass is 16.7. The molecule has 2 atom stereocenters. The molecule has 0 aromatic heterocycles. The van der Waals surface area contributed by atoms with E-state index in [1.807, 2.05) is 6.07 Å². The van der Waals surface area contributed by atoms with E-state index in [-0.39, 0.29) is 12.2 Å².